The Bertz CT molecular complexity index is 2090. The smallest absolute Gasteiger partial charge is 0.0463 e. The van der Waals surface area contributed by atoms with E-state index in [0.29, 0.717) is 0 Å². The topological polar surface area (TPSA) is 15.3 Å². The summed E-state index contributed by atoms with van der Waals surface area (Å²) in [5.74, 6) is 0.207. The number of benzene rings is 4. The standard InChI is InChI=1S/C46H42N2/c1-2-16-35(44-25-12-13-27-45(44)47-39-20-5-3-6-21-39)29-30-38-18-10-14-28-46(38)48(40-22-7-4-8-23-40)41-33-31-37(32-34-41)43-26-15-19-36-17-9-11-24-42(36)43/h2-14,16-17,19-25,27-31,33,38,47H,1,15,18,26,32,34H2/b30-29+,35-16+. The van der Waals surface area contributed by atoms with Crippen LogP contribution in [0.15, 0.2) is 187 Å². The molecule has 4 aromatic carbocycles. The van der Waals surface area contributed by atoms with Gasteiger partial charge in [-0.25, -0.2) is 0 Å². The van der Waals surface area contributed by atoms with Gasteiger partial charge in [-0.15, -0.1) is 0 Å². The number of anilines is 3. The zero-order valence-electron chi connectivity index (χ0n) is 27.4. The van der Waals surface area contributed by atoms with Gasteiger partial charge in [0.1, 0.15) is 0 Å². The number of fused-ring (bicyclic) bond motifs is 1. The van der Waals surface area contributed by atoms with Crippen LogP contribution >= 0.6 is 0 Å². The number of para-hydroxylation sites is 3. The first-order valence-electron chi connectivity index (χ1n) is 17.1. The SMILES string of the molecule is C=C/C=C(\C=C\C1CC=CC=C1N(C1=CC=C(C2=c3ccccc3=CCC2)CC1)c1ccccc1)c1ccccc1Nc1ccccc1. The van der Waals surface area contributed by atoms with Crippen molar-refractivity contribution in [2.45, 2.75) is 32.1 Å². The Hall–Kier alpha value is -5.60. The lowest BCUT2D eigenvalue weighted by Crippen LogP contribution is -2.30. The quantitative estimate of drug-likeness (QED) is 0.177. The van der Waals surface area contributed by atoms with E-state index in [9.17, 15) is 0 Å². The molecule has 2 nitrogen and oxygen atoms in total. The molecule has 0 aromatic heterocycles. The maximum Gasteiger partial charge on any atom is 0.0463 e. The molecule has 3 aliphatic carbocycles. The molecule has 0 fully saturated rings. The highest BCUT2D eigenvalue weighted by Gasteiger charge is 2.25. The van der Waals surface area contributed by atoms with Gasteiger partial charge in [0, 0.05) is 39.9 Å². The molecule has 48 heavy (non-hydrogen) atoms. The molecule has 2 heteroatoms. The van der Waals surface area contributed by atoms with E-state index < -0.39 is 0 Å². The zero-order chi connectivity index (χ0) is 32.5. The Morgan fingerprint density at radius 1 is 0.771 bits per heavy atom. The summed E-state index contributed by atoms with van der Waals surface area (Å²) in [6.45, 7) is 4.05. The molecule has 4 aromatic rings. The summed E-state index contributed by atoms with van der Waals surface area (Å²) in [6, 6.07) is 38.5. The molecule has 0 bridgehead atoms. The van der Waals surface area contributed by atoms with E-state index >= 15 is 0 Å². The molecule has 0 aliphatic heterocycles. The Morgan fingerprint density at radius 3 is 2.35 bits per heavy atom. The van der Waals surface area contributed by atoms with Gasteiger partial charge in [-0.1, -0.05) is 134 Å². The molecule has 0 saturated heterocycles. The summed E-state index contributed by atoms with van der Waals surface area (Å²) >= 11 is 0. The van der Waals surface area contributed by atoms with Gasteiger partial charge in [-0.2, -0.15) is 0 Å². The molecule has 236 valence electrons. The summed E-state index contributed by atoms with van der Waals surface area (Å²) in [5, 5.41) is 6.39. The maximum atomic E-state index is 4.05. The van der Waals surface area contributed by atoms with Crippen molar-refractivity contribution >= 4 is 34.3 Å². The summed E-state index contributed by atoms with van der Waals surface area (Å²) in [7, 11) is 0. The maximum absolute atomic E-state index is 4.05. The Labute approximate surface area is 285 Å². The monoisotopic (exact) mass is 622 g/mol. The second-order valence-electron chi connectivity index (χ2n) is 12.4. The highest BCUT2D eigenvalue weighted by molar-refractivity contribution is 5.84. The minimum Gasteiger partial charge on any atom is -0.355 e. The highest BCUT2D eigenvalue weighted by atomic mass is 15.2. The lowest BCUT2D eigenvalue weighted by molar-refractivity contribution is 0.717. The zero-order valence-corrected chi connectivity index (χ0v) is 27.4. The molecule has 7 rings (SSSR count). The van der Waals surface area contributed by atoms with Gasteiger partial charge < -0.3 is 10.2 Å². The first kappa shape index (κ1) is 31.0. The fourth-order valence-electron chi connectivity index (χ4n) is 7.07. The van der Waals surface area contributed by atoms with Crippen LogP contribution < -0.4 is 20.7 Å². The van der Waals surface area contributed by atoms with Crippen LogP contribution in [-0.2, 0) is 0 Å². The Kier molecular flexibility index (Phi) is 9.61. The van der Waals surface area contributed by atoms with Crippen LogP contribution in [-0.4, -0.2) is 0 Å². The number of hydrogen-bond acceptors (Lipinski definition) is 2. The van der Waals surface area contributed by atoms with Gasteiger partial charge >= 0.3 is 0 Å². The van der Waals surface area contributed by atoms with Crippen LogP contribution in [0.5, 0.6) is 0 Å². The molecule has 1 unspecified atom stereocenters. The average molecular weight is 623 g/mol. The van der Waals surface area contributed by atoms with Crippen molar-refractivity contribution < 1.29 is 0 Å². The fraction of sp³-hybridized carbons (Fsp3) is 0.130. The van der Waals surface area contributed by atoms with Crippen LogP contribution in [0.3, 0.4) is 0 Å². The Morgan fingerprint density at radius 2 is 1.54 bits per heavy atom. The first-order valence-corrected chi connectivity index (χ1v) is 17.1. The van der Waals surface area contributed by atoms with Crippen molar-refractivity contribution in [3.05, 3.63) is 203 Å². The third-order valence-corrected chi connectivity index (χ3v) is 9.39. The van der Waals surface area contributed by atoms with E-state index in [1.54, 1.807) is 0 Å². The second kappa shape index (κ2) is 14.9. The third kappa shape index (κ3) is 6.89. The Balaban J connectivity index is 1.22. The van der Waals surface area contributed by atoms with Gasteiger partial charge in [-0.3, -0.25) is 0 Å². The first-order chi connectivity index (χ1) is 23.8. The molecule has 3 aliphatic rings. The second-order valence-corrected chi connectivity index (χ2v) is 12.4. The summed E-state index contributed by atoms with van der Waals surface area (Å²) < 4.78 is 0. The number of allylic oxidation sites excluding steroid dienone is 12. The molecule has 0 amide bonds. The van der Waals surface area contributed by atoms with Crippen molar-refractivity contribution in [2.24, 2.45) is 5.92 Å². The lowest BCUT2D eigenvalue weighted by atomic mass is 9.87. The third-order valence-electron chi connectivity index (χ3n) is 9.39. The molecule has 0 heterocycles. The molecule has 0 spiro atoms. The highest BCUT2D eigenvalue weighted by Crippen LogP contribution is 2.38. The van der Waals surface area contributed by atoms with E-state index in [1.165, 1.54) is 38.7 Å². The summed E-state index contributed by atoms with van der Waals surface area (Å²) in [4.78, 5) is 2.50. The van der Waals surface area contributed by atoms with Crippen molar-refractivity contribution in [3.63, 3.8) is 0 Å². The van der Waals surface area contributed by atoms with E-state index in [1.807, 2.05) is 12.1 Å². The number of hydrogen-bond donors (Lipinski definition) is 1. The van der Waals surface area contributed by atoms with Crippen LogP contribution in [0.4, 0.5) is 17.1 Å². The number of rotatable bonds is 10. The van der Waals surface area contributed by atoms with Crippen molar-refractivity contribution in [3.8, 4) is 0 Å². The minimum atomic E-state index is 0.207. The molecule has 0 radical (unpaired) electrons. The molecular weight excluding hydrogens is 581 g/mol. The van der Waals surface area contributed by atoms with Gasteiger partial charge in [-0.05, 0) is 102 Å². The molecule has 0 saturated carbocycles. The molecule has 1 atom stereocenters. The van der Waals surface area contributed by atoms with Gasteiger partial charge in [0.25, 0.3) is 0 Å². The van der Waals surface area contributed by atoms with Crippen molar-refractivity contribution in [1.29, 1.82) is 0 Å². The largest absolute Gasteiger partial charge is 0.355 e. The predicted octanol–water partition coefficient (Wildman–Crippen LogP) is 10.6. The molecule has 1 N–H and O–H groups in total. The average Bonchev–Trinajstić information content (AvgIpc) is 3.15. The predicted molar refractivity (Wildman–Crippen MR) is 206 cm³/mol. The van der Waals surface area contributed by atoms with Gasteiger partial charge in [0.2, 0.25) is 0 Å². The van der Waals surface area contributed by atoms with E-state index in [-0.39, 0.29) is 5.92 Å². The van der Waals surface area contributed by atoms with Crippen molar-refractivity contribution in [1.82, 2.24) is 0 Å². The number of nitrogens with zero attached hydrogens (tertiary/aromatic N) is 1. The number of nitrogens with one attached hydrogen (secondary N) is 1. The van der Waals surface area contributed by atoms with E-state index in [2.05, 4.69) is 175 Å². The van der Waals surface area contributed by atoms with Crippen LogP contribution in [0.25, 0.3) is 17.2 Å². The summed E-state index contributed by atoms with van der Waals surface area (Å²) in [6.07, 6.45) is 27.8. The van der Waals surface area contributed by atoms with Crippen molar-refractivity contribution in [2.75, 3.05) is 10.2 Å². The van der Waals surface area contributed by atoms with Crippen LogP contribution in [0.2, 0.25) is 0 Å². The lowest BCUT2D eigenvalue weighted by Gasteiger charge is -2.35. The normalized spacial score (nSPS) is 17.5. The minimum absolute atomic E-state index is 0.207. The van der Waals surface area contributed by atoms with E-state index in [4.69, 9.17) is 0 Å². The van der Waals surface area contributed by atoms with Gasteiger partial charge in [0.05, 0.1) is 0 Å². The van der Waals surface area contributed by atoms with Gasteiger partial charge in [0.15, 0.2) is 0 Å². The molecular formula is C46H42N2. The summed E-state index contributed by atoms with van der Waals surface area (Å²) in [5.41, 5.74) is 11.2. The van der Waals surface area contributed by atoms with Crippen LogP contribution in [0, 0.1) is 5.92 Å². The van der Waals surface area contributed by atoms with E-state index in [0.717, 1.165) is 54.6 Å². The van der Waals surface area contributed by atoms with Crippen LogP contribution in [0.1, 0.15) is 37.7 Å². The fourth-order valence-corrected chi connectivity index (χ4v) is 7.07.